The lowest BCUT2D eigenvalue weighted by molar-refractivity contribution is 0.317. The van der Waals surface area contributed by atoms with E-state index in [4.69, 9.17) is 10.3 Å². The highest BCUT2D eigenvalue weighted by molar-refractivity contribution is 5.18. The van der Waals surface area contributed by atoms with Crippen LogP contribution in [0.1, 0.15) is 44.1 Å². The Balaban J connectivity index is 2.26. The van der Waals surface area contributed by atoms with Gasteiger partial charge in [-0.3, -0.25) is 4.68 Å². The normalized spacial score (nSPS) is 13.9. The molecule has 0 aromatic carbocycles. The van der Waals surface area contributed by atoms with Crippen LogP contribution in [-0.4, -0.2) is 19.9 Å². The number of aryl methyl sites for hydroxylation is 1. The van der Waals surface area contributed by atoms with Crippen LogP contribution in [0.25, 0.3) is 0 Å². The second-order valence-corrected chi connectivity index (χ2v) is 5.13. The molecule has 1 atom stereocenters. The van der Waals surface area contributed by atoms with E-state index in [1.807, 2.05) is 34.0 Å². The summed E-state index contributed by atoms with van der Waals surface area (Å²) in [5, 5.41) is 7.99. The standard InChI is InChI=1S/C11H17N5O/c1-11(2,3)10-14-9(15-17-10)8(12)7-5-13-16(4)6-7/h5-6,8H,12H2,1-4H3. The van der Waals surface area contributed by atoms with E-state index < -0.39 is 6.04 Å². The Morgan fingerprint density at radius 2 is 2.12 bits per heavy atom. The van der Waals surface area contributed by atoms with Crippen LogP contribution in [0.2, 0.25) is 0 Å². The molecule has 0 aliphatic carbocycles. The minimum Gasteiger partial charge on any atom is -0.339 e. The molecular weight excluding hydrogens is 218 g/mol. The van der Waals surface area contributed by atoms with E-state index in [1.54, 1.807) is 10.9 Å². The third kappa shape index (κ3) is 2.36. The van der Waals surface area contributed by atoms with Gasteiger partial charge in [-0.15, -0.1) is 0 Å². The summed E-state index contributed by atoms with van der Waals surface area (Å²) in [6.07, 6.45) is 3.55. The summed E-state index contributed by atoms with van der Waals surface area (Å²) in [5.41, 5.74) is 6.75. The predicted molar refractivity (Wildman–Crippen MR) is 62.2 cm³/mol. The Morgan fingerprint density at radius 3 is 2.59 bits per heavy atom. The summed E-state index contributed by atoms with van der Waals surface area (Å²) in [7, 11) is 1.84. The first-order chi connectivity index (χ1) is 7.88. The zero-order valence-electron chi connectivity index (χ0n) is 10.5. The van der Waals surface area contributed by atoms with Crippen molar-refractivity contribution < 1.29 is 4.52 Å². The Labute approximate surface area is 99.8 Å². The van der Waals surface area contributed by atoms with Crippen LogP contribution < -0.4 is 5.73 Å². The van der Waals surface area contributed by atoms with Crippen molar-refractivity contribution in [1.82, 2.24) is 19.9 Å². The van der Waals surface area contributed by atoms with Gasteiger partial charge in [-0.05, 0) is 0 Å². The van der Waals surface area contributed by atoms with Crippen molar-refractivity contribution in [1.29, 1.82) is 0 Å². The molecular formula is C11H17N5O. The van der Waals surface area contributed by atoms with Gasteiger partial charge in [-0.2, -0.15) is 10.1 Å². The van der Waals surface area contributed by atoms with Gasteiger partial charge in [0.1, 0.15) is 0 Å². The molecule has 0 bridgehead atoms. The zero-order valence-corrected chi connectivity index (χ0v) is 10.5. The lowest BCUT2D eigenvalue weighted by atomic mass is 9.97. The fraction of sp³-hybridized carbons (Fsp3) is 0.545. The highest BCUT2D eigenvalue weighted by atomic mass is 16.5. The third-order valence-electron chi connectivity index (χ3n) is 2.45. The molecule has 2 aromatic rings. The van der Waals surface area contributed by atoms with Gasteiger partial charge in [0.2, 0.25) is 5.89 Å². The highest BCUT2D eigenvalue weighted by Gasteiger charge is 2.24. The van der Waals surface area contributed by atoms with Gasteiger partial charge in [0.25, 0.3) is 0 Å². The molecule has 1 unspecified atom stereocenters. The third-order valence-corrected chi connectivity index (χ3v) is 2.45. The average Bonchev–Trinajstić information content (AvgIpc) is 2.83. The molecule has 2 heterocycles. The van der Waals surface area contributed by atoms with Crippen LogP contribution in [0.15, 0.2) is 16.9 Å². The van der Waals surface area contributed by atoms with Crippen LogP contribution in [0.5, 0.6) is 0 Å². The lowest BCUT2D eigenvalue weighted by Gasteiger charge is -2.10. The Morgan fingerprint density at radius 1 is 1.41 bits per heavy atom. The smallest absolute Gasteiger partial charge is 0.232 e. The molecule has 17 heavy (non-hydrogen) atoms. The number of aromatic nitrogens is 4. The summed E-state index contributed by atoms with van der Waals surface area (Å²) < 4.78 is 6.90. The summed E-state index contributed by atoms with van der Waals surface area (Å²) in [6, 6.07) is -0.399. The fourth-order valence-electron chi connectivity index (χ4n) is 1.42. The summed E-state index contributed by atoms with van der Waals surface area (Å²) in [4.78, 5) is 4.33. The second-order valence-electron chi connectivity index (χ2n) is 5.13. The molecule has 0 saturated heterocycles. The number of rotatable bonds is 2. The Bertz CT molecular complexity index is 508. The monoisotopic (exact) mass is 235 g/mol. The minimum absolute atomic E-state index is 0.167. The number of nitrogens with two attached hydrogens (primary N) is 1. The molecule has 0 aliphatic rings. The molecule has 2 rings (SSSR count). The van der Waals surface area contributed by atoms with Crippen LogP contribution in [0, 0.1) is 0 Å². The van der Waals surface area contributed by atoms with E-state index in [0.29, 0.717) is 11.7 Å². The molecule has 0 aliphatic heterocycles. The predicted octanol–water partition coefficient (Wildman–Crippen LogP) is 1.15. The molecule has 92 valence electrons. The zero-order chi connectivity index (χ0) is 12.6. The van der Waals surface area contributed by atoms with Gasteiger partial charge in [-0.1, -0.05) is 25.9 Å². The minimum atomic E-state index is -0.399. The van der Waals surface area contributed by atoms with E-state index >= 15 is 0 Å². The molecule has 6 heteroatoms. The van der Waals surface area contributed by atoms with Crippen molar-refractivity contribution in [3.8, 4) is 0 Å². The van der Waals surface area contributed by atoms with Gasteiger partial charge >= 0.3 is 0 Å². The van der Waals surface area contributed by atoms with Crippen LogP contribution >= 0.6 is 0 Å². The first-order valence-electron chi connectivity index (χ1n) is 5.46. The van der Waals surface area contributed by atoms with E-state index in [9.17, 15) is 0 Å². The summed E-state index contributed by atoms with van der Waals surface area (Å²) >= 11 is 0. The number of hydrogen-bond acceptors (Lipinski definition) is 5. The summed E-state index contributed by atoms with van der Waals surface area (Å²) in [5.74, 6) is 1.08. The molecule has 0 radical (unpaired) electrons. The maximum Gasteiger partial charge on any atom is 0.232 e. The molecule has 6 nitrogen and oxygen atoms in total. The van der Waals surface area contributed by atoms with Gasteiger partial charge < -0.3 is 10.3 Å². The van der Waals surface area contributed by atoms with Crippen molar-refractivity contribution in [2.24, 2.45) is 12.8 Å². The molecule has 2 N–H and O–H groups in total. The SMILES string of the molecule is Cn1cc(C(N)c2noc(C(C)(C)C)n2)cn1. The molecule has 0 amide bonds. The topological polar surface area (TPSA) is 82.8 Å². The van der Waals surface area contributed by atoms with Gasteiger partial charge in [0, 0.05) is 24.2 Å². The van der Waals surface area contributed by atoms with Crippen molar-refractivity contribution in [2.75, 3.05) is 0 Å². The Kier molecular flexibility index (Phi) is 2.74. The van der Waals surface area contributed by atoms with Gasteiger partial charge in [-0.25, -0.2) is 0 Å². The van der Waals surface area contributed by atoms with E-state index in [-0.39, 0.29) is 5.41 Å². The van der Waals surface area contributed by atoms with Crippen molar-refractivity contribution in [3.05, 3.63) is 29.7 Å². The molecule has 0 fully saturated rings. The second kappa shape index (κ2) is 3.96. The first kappa shape index (κ1) is 11.8. The first-order valence-corrected chi connectivity index (χ1v) is 5.46. The quantitative estimate of drug-likeness (QED) is 0.844. The lowest BCUT2D eigenvalue weighted by Crippen LogP contribution is -2.15. The van der Waals surface area contributed by atoms with E-state index in [1.165, 1.54) is 0 Å². The largest absolute Gasteiger partial charge is 0.339 e. The van der Waals surface area contributed by atoms with Crippen LogP contribution in [-0.2, 0) is 12.5 Å². The number of nitrogens with zero attached hydrogens (tertiary/aromatic N) is 4. The highest BCUT2D eigenvalue weighted by Crippen LogP contribution is 2.23. The van der Waals surface area contributed by atoms with Crippen molar-refractivity contribution in [3.63, 3.8) is 0 Å². The van der Waals surface area contributed by atoms with Crippen LogP contribution in [0.3, 0.4) is 0 Å². The molecule has 0 spiro atoms. The van der Waals surface area contributed by atoms with Crippen molar-refractivity contribution >= 4 is 0 Å². The maximum absolute atomic E-state index is 6.05. The van der Waals surface area contributed by atoms with E-state index in [2.05, 4.69) is 15.2 Å². The van der Waals surface area contributed by atoms with Gasteiger partial charge in [0.15, 0.2) is 5.82 Å². The summed E-state index contributed by atoms with van der Waals surface area (Å²) in [6.45, 7) is 6.04. The van der Waals surface area contributed by atoms with Gasteiger partial charge in [0.05, 0.1) is 12.2 Å². The van der Waals surface area contributed by atoms with Crippen molar-refractivity contribution in [2.45, 2.75) is 32.2 Å². The maximum atomic E-state index is 6.05. The average molecular weight is 235 g/mol. The number of hydrogen-bond donors (Lipinski definition) is 1. The van der Waals surface area contributed by atoms with Crippen LogP contribution in [0.4, 0.5) is 0 Å². The Hall–Kier alpha value is -1.69. The fourth-order valence-corrected chi connectivity index (χ4v) is 1.42. The molecule has 0 saturated carbocycles. The molecule has 2 aromatic heterocycles. The van der Waals surface area contributed by atoms with E-state index in [0.717, 1.165) is 5.56 Å².